The lowest BCUT2D eigenvalue weighted by Gasteiger charge is -2.06. The fourth-order valence-corrected chi connectivity index (χ4v) is 0.881. The van der Waals surface area contributed by atoms with Crippen LogP contribution >= 0.6 is 0 Å². The van der Waals surface area contributed by atoms with Gasteiger partial charge in [-0.1, -0.05) is 19.9 Å². The number of ether oxygens (including phenoxy) is 2. The van der Waals surface area contributed by atoms with Crippen LogP contribution in [0.15, 0.2) is 12.2 Å². The van der Waals surface area contributed by atoms with Crippen LogP contribution in [-0.2, 0) is 14.3 Å². The summed E-state index contributed by atoms with van der Waals surface area (Å²) in [6.07, 6.45) is 2.37. The molecule has 88 valence electrons. The third-order valence-electron chi connectivity index (χ3n) is 1.81. The van der Waals surface area contributed by atoms with E-state index < -0.39 is 5.97 Å². The van der Waals surface area contributed by atoms with Crippen molar-refractivity contribution in [2.75, 3.05) is 26.4 Å². The van der Waals surface area contributed by atoms with E-state index in [0.717, 1.165) is 12.8 Å². The lowest BCUT2D eigenvalue weighted by atomic mass is 10.2. The number of unbranched alkanes of at least 4 members (excludes halogenated alkanes) is 1. The van der Waals surface area contributed by atoms with Gasteiger partial charge in [0.25, 0.3) is 0 Å². The van der Waals surface area contributed by atoms with Gasteiger partial charge in [-0.3, -0.25) is 0 Å². The molecule has 0 aliphatic rings. The van der Waals surface area contributed by atoms with Crippen LogP contribution in [0.5, 0.6) is 0 Å². The van der Waals surface area contributed by atoms with E-state index in [4.69, 9.17) is 14.6 Å². The Balaban J connectivity index is 3.35. The molecule has 4 nitrogen and oxygen atoms in total. The molecule has 0 amide bonds. The van der Waals surface area contributed by atoms with Gasteiger partial charge in [-0.05, 0) is 6.42 Å². The maximum atomic E-state index is 11.1. The molecule has 1 N–H and O–H groups in total. The van der Waals surface area contributed by atoms with E-state index in [2.05, 4.69) is 13.5 Å². The third-order valence-corrected chi connectivity index (χ3v) is 1.81. The van der Waals surface area contributed by atoms with Crippen molar-refractivity contribution in [2.24, 2.45) is 0 Å². The molecule has 0 aromatic heterocycles. The zero-order valence-corrected chi connectivity index (χ0v) is 9.33. The lowest BCUT2D eigenvalue weighted by molar-refractivity contribution is -0.140. The summed E-state index contributed by atoms with van der Waals surface area (Å²) in [6, 6.07) is 0. The molecule has 0 saturated carbocycles. The Morgan fingerprint density at radius 3 is 2.67 bits per heavy atom. The van der Waals surface area contributed by atoms with E-state index in [1.165, 1.54) is 0 Å². The van der Waals surface area contributed by atoms with E-state index in [1.807, 2.05) is 0 Å². The Hall–Kier alpha value is -0.870. The van der Waals surface area contributed by atoms with Crippen LogP contribution < -0.4 is 0 Å². The topological polar surface area (TPSA) is 55.8 Å². The Labute approximate surface area is 90.9 Å². The summed E-state index contributed by atoms with van der Waals surface area (Å²) in [5.41, 5.74) is 0.297. The van der Waals surface area contributed by atoms with Crippen molar-refractivity contribution < 1.29 is 19.4 Å². The van der Waals surface area contributed by atoms with Gasteiger partial charge in [0.05, 0.1) is 6.61 Å². The smallest absolute Gasteiger partial charge is 0.333 e. The van der Waals surface area contributed by atoms with Crippen molar-refractivity contribution in [2.45, 2.75) is 26.2 Å². The molecule has 4 heteroatoms. The standard InChI is InChI=1S/C11H20O4/c1-3-4-7-14-8-9-15-11(13)10(2)5-6-12/h12H,2-9H2,1H3. The Morgan fingerprint density at radius 2 is 2.07 bits per heavy atom. The Kier molecular flexibility index (Phi) is 9.11. The molecule has 0 aliphatic heterocycles. The van der Waals surface area contributed by atoms with Crippen molar-refractivity contribution in [3.05, 3.63) is 12.2 Å². The molecule has 0 fully saturated rings. The zero-order valence-electron chi connectivity index (χ0n) is 9.33. The van der Waals surface area contributed by atoms with Crippen molar-refractivity contribution in [1.82, 2.24) is 0 Å². The van der Waals surface area contributed by atoms with Gasteiger partial charge in [0.15, 0.2) is 0 Å². The van der Waals surface area contributed by atoms with Gasteiger partial charge in [-0.15, -0.1) is 0 Å². The fourth-order valence-electron chi connectivity index (χ4n) is 0.881. The second kappa shape index (κ2) is 9.68. The minimum Gasteiger partial charge on any atom is -0.460 e. The number of carbonyl (C=O) groups is 1. The number of hydrogen-bond acceptors (Lipinski definition) is 4. The highest BCUT2D eigenvalue weighted by molar-refractivity contribution is 5.87. The molecule has 0 aliphatic carbocycles. The molecule has 0 spiro atoms. The summed E-state index contributed by atoms with van der Waals surface area (Å²) in [6.45, 7) is 6.86. The Morgan fingerprint density at radius 1 is 1.33 bits per heavy atom. The highest BCUT2D eigenvalue weighted by Crippen LogP contribution is 1.99. The lowest BCUT2D eigenvalue weighted by Crippen LogP contribution is -2.13. The highest BCUT2D eigenvalue weighted by Gasteiger charge is 2.06. The molecule has 0 rings (SSSR count). The molecular formula is C11H20O4. The molecule has 0 bridgehead atoms. The number of rotatable bonds is 9. The highest BCUT2D eigenvalue weighted by atomic mass is 16.6. The minimum atomic E-state index is -0.455. The van der Waals surface area contributed by atoms with Crippen molar-refractivity contribution in [1.29, 1.82) is 0 Å². The van der Waals surface area contributed by atoms with Gasteiger partial charge in [0.2, 0.25) is 0 Å². The molecular weight excluding hydrogens is 196 g/mol. The average molecular weight is 216 g/mol. The van der Waals surface area contributed by atoms with E-state index in [0.29, 0.717) is 18.8 Å². The van der Waals surface area contributed by atoms with Crippen LogP contribution in [0.25, 0.3) is 0 Å². The number of carbonyl (C=O) groups excluding carboxylic acids is 1. The van der Waals surface area contributed by atoms with Gasteiger partial charge in [-0.2, -0.15) is 0 Å². The van der Waals surface area contributed by atoms with Gasteiger partial charge in [0.1, 0.15) is 6.61 Å². The molecule has 15 heavy (non-hydrogen) atoms. The summed E-state index contributed by atoms with van der Waals surface area (Å²) < 4.78 is 10.1. The van der Waals surface area contributed by atoms with Crippen molar-refractivity contribution >= 4 is 5.97 Å². The van der Waals surface area contributed by atoms with Gasteiger partial charge in [-0.25, -0.2) is 4.79 Å². The summed E-state index contributed by atoms with van der Waals surface area (Å²) in [7, 11) is 0. The number of hydrogen-bond donors (Lipinski definition) is 1. The molecule has 0 radical (unpaired) electrons. The van der Waals surface area contributed by atoms with Crippen LogP contribution in [0, 0.1) is 0 Å². The zero-order chi connectivity index (χ0) is 11.5. The fraction of sp³-hybridized carbons (Fsp3) is 0.727. The Bertz CT molecular complexity index is 189. The van der Waals surface area contributed by atoms with Crippen LogP contribution in [0.1, 0.15) is 26.2 Å². The quantitative estimate of drug-likeness (QED) is 0.358. The number of aliphatic hydroxyl groups is 1. The average Bonchev–Trinajstić information content (AvgIpc) is 2.23. The predicted molar refractivity (Wildman–Crippen MR) is 57.5 cm³/mol. The first-order chi connectivity index (χ1) is 7.22. The first kappa shape index (κ1) is 14.1. The first-order valence-electron chi connectivity index (χ1n) is 5.25. The molecule has 0 aromatic carbocycles. The van der Waals surface area contributed by atoms with Gasteiger partial charge >= 0.3 is 5.97 Å². The third kappa shape index (κ3) is 8.15. The summed E-state index contributed by atoms with van der Waals surface area (Å²) in [5.74, 6) is -0.455. The summed E-state index contributed by atoms with van der Waals surface area (Å²) in [5, 5.41) is 8.56. The predicted octanol–water partition coefficient (Wildman–Crippen LogP) is 1.28. The molecule has 0 unspecified atom stereocenters. The SMILES string of the molecule is C=C(CCO)C(=O)OCCOCCCC. The number of aliphatic hydroxyl groups excluding tert-OH is 1. The second-order valence-corrected chi connectivity index (χ2v) is 3.18. The van der Waals surface area contributed by atoms with E-state index in [1.54, 1.807) is 0 Å². The van der Waals surface area contributed by atoms with Gasteiger partial charge < -0.3 is 14.6 Å². The first-order valence-corrected chi connectivity index (χ1v) is 5.25. The minimum absolute atomic E-state index is 0.0824. The normalized spacial score (nSPS) is 10.0. The maximum Gasteiger partial charge on any atom is 0.333 e. The molecule has 0 saturated heterocycles. The molecule has 0 heterocycles. The summed E-state index contributed by atoms with van der Waals surface area (Å²) >= 11 is 0. The molecule has 0 atom stereocenters. The number of esters is 1. The largest absolute Gasteiger partial charge is 0.460 e. The van der Waals surface area contributed by atoms with Crippen LogP contribution in [-0.4, -0.2) is 37.5 Å². The monoisotopic (exact) mass is 216 g/mol. The summed E-state index contributed by atoms with van der Waals surface area (Å²) in [4.78, 5) is 11.1. The van der Waals surface area contributed by atoms with Crippen LogP contribution in [0.4, 0.5) is 0 Å². The second-order valence-electron chi connectivity index (χ2n) is 3.18. The van der Waals surface area contributed by atoms with E-state index in [-0.39, 0.29) is 19.6 Å². The maximum absolute atomic E-state index is 11.1. The van der Waals surface area contributed by atoms with Crippen LogP contribution in [0.2, 0.25) is 0 Å². The van der Waals surface area contributed by atoms with Crippen LogP contribution in [0.3, 0.4) is 0 Å². The molecule has 0 aromatic rings. The van der Waals surface area contributed by atoms with E-state index >= 15 is 0 Å². The van der Waals surface area contributed by atoms with Crippen molar-refractivity contribution in [3.8, 4) is 0 Å². The van der Waals surface area contributed by atoms with E-state index in [9.17, 15) is 4.79 Å². The van der Waals surface area contributed by atoms with Gasteiger partial charge in [0, 0.05) is 25.2 Å². The van der Waals surface area contributed by atoms with Crippen molar-refractivity contribution in [3.63, 3.8) is 0 Å².